The SMILES string of the molecule is COC(=O)C=C(Nc1ccc([N+](=O)[O-])cc1I)C(F)(F)F. The quantitative estimate of drug-likeness (QED) is 0.268. The lowest BCUT2D eigenvalue weighted by molar-refractivity contribution is -0.384. The molecule has 6 nitrogen and oxygen atoms in total. The van der Waals surface area contributed by atoms with Crippen molar-refractivity contribution < 1.29 is 27.6 Å². The first-order valence-electron chi connectivity index (χ1n) is 5.23. The third-order valence-electron chi connectivity index (χ3n) is 2.20. The fraction of sp³-hybridized carbons (Fsp3) is 0.182. The molecule has 1 aromatic carbocycles. The molecule has 1 N–H and O–H groups in total. The Balaban J connectivity index is 3.13. The molecule has 0 saturated carbocycles. The summed E-state index contributed by atoms with van der Waals surface area (Å²) < 4.78 is 42.7. The summed E-state index contributed by atoms with van der Waals surface area (Å²) in [4.78, 5) is 20.9. The molecule has 21 heavy (non-hydrogen) atoms. The third-order valence-corrected chi connectivity index (χ3v) is 3.09. The second-order valence-electron chi connectivity index (χ2n) is 3.63. The van der Waals surface area contributed by atoms with Gasteiger partial charge in [0.2, 0.25) is 0 Å². The van der Waals surface area contributed by atoms with E-state index in [1.807, 2.05) is 5.32 Å². The second-order valence-corrected chi connectivity index (χ2v) is 4.79. The van der Waals surface area contributed by atoms with Gasteiger partial charge in [-0.1, -0.05) is 0 Å². The summed E-state index contributed by atoms with van der Waals surface area (Å²) in [7, 11) is 0.947. The number of anilines is 1. The van der Waals surface area contributed by atoms with Crippen LogP contribution >= 0.6 is 22.6 Å². The number of hydrogen-bond acceptors (Lipinski definition) is 5. The molecule has 1 rings (SSSR count). The van der Waals surface area contributed by atoms with Crippen LogP contribution in [0.1, 0.15) is 0 Å². The first-order chi connectivity index (χ1) is 9.65. The Morgan fingerprint density at radius 1 is 1.48 bits per heavy atom. The smallest absolute Gasteiger partial charge is 0.431 e. The van der Waals surface area contributed by atoms with Crippen LogP contribution in [-0.4, -0.2) is 24.2 Å². The molecule has 10 heteroatoms. The zero-order chi connectivity index (χ0) is 16.2. The van der Waals surface area contributed by atoms with E-state index in [-0.39, 0.29) is 21.0 Å². The zero-order valence-corrected chi connectivity index (χ0v) is 12.6. The minimum Gasteiger partial charge on any atom is -0.466 e. The van der Waals surface area contributed by atoms with Crippen LogP contribution in [0, 0.1) is 13.7 Å². The van der Waals surface area contributed by atoms with Crippen molar-refractivity contribution in [2.24, 2.45) is 0 Å². The Morgan fingerprint density at radius 2 is 2.10 bits per heavy atom. The van der Waals surface area contributed by atoms with Gasteiger partial charge in [-0.15, -0.1) is 0 Å². The fourth-order valence-electron chi connectivity index (χ4n) is 1.23. The van der Waals surface area contributed by atoms with Crippen molar-refractivity contribution in [1.82, 2.24) is 0 Å². The zero-order valence-electron chi connectivity index (χ0n) is 10.4. The van der Waals surface area contributed by atoms with Crippen molar-refractivity contribution in [1.29, 1.82) is 0 Å². The van der Waals surface area contributed by atoms with E-state index in [0.717, 1.165) is 25.3 Å². The van der Waals surface area contributed by atoms with Crippen LogP contribution in [-0.2, 0) is 9.53 Å². The molecule has 0 aliphatic heterocycles. The molecule has 0 fully saturated rings. The van der Waals surface area contributed by atoms with E-state index in [2.05, 4.69) is 4.74 Å². The number of nitrogens with one attached hydrogen (secondary N) is 1. The number of nitrogens with zero attached hydrogens (tertiary/aromatic N) is 1. The number of benzene rings is 1. The van der Waals surface area contributed by atoms with E-state index in [9.17, 15) is 28.1 Å². The minimum absolute atomic E-state index is 0.0197. The van der Waals surface area contributed by atoms with Gasteiger partial charge in [-0.2, -0.15) is 13.2 Å². The molecule has 0 aliphatic rings. The number of nitro groups is 1. The van der Waals surface area contributed by atoms with Crippen LogP contribution in [0.5, 0.6) is 0 Å². The maximum Gasteiger partial charge on any atom is 0.431 e. The van der Waals surface area contributed by atoms with Crippen LogP contribution in [0.3, 0.4) is 0 Å². The molecule has 1 aromatic rings. The normalized spacial score (nSPS) is 12.0. The number of rotatable bonds is 4. The van der Waals surface area contributed by atoms with Crippen molar-refractivity contribution in [2.45, 2.75) is 6.18 Å². The van der Waals surface area contributed by atoms with Gasteiger partial charge in [0.1, 0.15) is 5.70 Å². The number of ether oxygens (including phenoxy) is 1. The highest BCUT2D eigenvalue weighted by Crippen LogP contribution is 2.30. The summed E-state index contributed by atoms with van der Waals surface area (Å²) in [5.74, 6) is -1.17. The fourth-order valence-corrected chi connectivity index (χ4v) is 1.86. The average Bonchev–Trinajstić information content (AvgIpc) is 2.38. The standard InChI is InChI=1S/C11H8F3IN2O4/c1-21-10(18)5-9(11(12,13)14)16-8-3-2-6(17(19)20)4-7(8)15/h2-5,16H,1H3. The lowest BCUT2D eigenvalue weighted by atomic mass is 10.2. The number of esters is 1. The van der Waals surface area contributed by atoms with Crippen molar-refractivity contribution in [3.63, 3.8) is 0 Å². The first-order valence-corrected chi connectivity index (χ1v) is 6.31. The molecule has 0 aromatic heterocycles. The van der Waals surface area contributed by atoms with Crippen LogP contribution in [0.25, 0.3) is 0 Å². The number of allylic oxidation sites excluding steroid dienone is 1. The Bertz CT molecular complexity index is 602. The lowest BCUT2D eigenvalue weighted by Crippen LogP contribution is -2.21. The molecule has 0 heterocycles. The number of hydrogen-bond donors (Lipinski definition) is 1. The van der Waals surface area contributed by atoms with Gasteiger partial charge in [0.05, 0.1) is 23.8 Å². The number of nitro benzene ring substituents is 1. The van der Waals surface area contributed by atoms with Gasteiger partial charge in [-0.25, -0.2) is 4.79 Å². The first kappa shape index (κ1) is 17.2. The average molecular weight is 416 g/mol. The number of carbonyl (C=O) groups excluding carboxylic acids is 1. The maximum absolute atomic E-state index is 12.8. The number of halogens is 4. The summed E-state index contributed by atoms with van der Waals surface area (Å²) in [5.41, 5.74) is -1.61. The van der Waals surface area contributed by atoms with E-state index in [0.29, 0.717) is 0 Å². The maximum atomic E-state index is 12.8. The van der Waals surface area contributed by atoms with Crippen LogP contribution in [0.2, 0.25) is 0 Å². The number of carbonyl (C=O) groups is 1. The van der Waals surface area contributed by atoms with Gasteiger partial charge >= 0.3 is 12.1 Å². The van der Waals surface area contributed by atoms with Gasteiger partial charge < -0.3 is 10.1 Å². The second kappa shape index (κ2) is 6.74. The number of non-ortho nitro benzene ring substituents is 1. The van der Waals surface area contributed by atoms with Gasteiger partial charge in [-0.3, -0.25) is 10.1 Å². The Kier molecular flexibility index (Phi) is 5.52. The van der Waals surface area contributed by atoms with Gasteiger partial charge in [0.15, 0.2) is 0 Å². The van der Waals surface area contributed by atoms with Crippen molar-refractivity contribution in [2.75, 3.05) is 12.4 Å². The molecule has 0 aliphatic carbocycles. The molecule has 0 unspecified atom stereocenters. The van der Waals surface area contributed by atoms with Gasteiger partial charge in [0, 0.05) is 15.7 Å². The highest BCUT2D eigenvalue weighted by atomic mass is 127. The molecule has 0 bridgehead atoms. The monoisotopic (exact) mass is 416 g/mol. The van der Waals surface area contributed by atoms with Gasteiger partial charge in [0.25, 0.3) is 5.69 Å². The molecule has 0 saturated heterocycles. The Labute approximate surface area is 130 Å². The predicted molar refractivity (Wildman–Crippen MR) is 75.6 cm³/mol. The highest BCUT2D eigenvalue weighted by molar-refractivity contribution is 14.1. The van der Waals surface area contributed by atoms with E-state index >= 15 is 0 Å². The molecule has 0 amide bonds. The van der Waals surface area contributed by atoms with Crippen molar-refractivity contribution >= 4 is 39.9 Å². The van der Waals surface area contributed by atoms with Crippen molar-refractivity contribution in [3.8, 4) is 0 Å². The summed E-state index contributed by atoms with van der Waals surface area (Å²) >= 11 is 1.65. The van der Waals surface area contributed by atoms with Crippen LogP contribution in [0.4, 0.5) is 24.5 Å². The van der Waals surface area contributed by atoms with E-state index in [4.69, 9.17) is 0 Å². The van der Waals surface area contributed by atoms with Crippen LogP contribution in [0.15, 0.2) is 30.0 Å². The highest BCUT2D eigenvalue weighted by Gasteiger charge is 2.35. The molecule has 0 radical (unpaired) electrons. The molecule has 114 valence electrons. The lowest BCUT2D eigenvalue weighted by Gasteiger charge is -2.15. The molecular formula is C11H8F3IN2O4. The Hall–Kier alpha value is -1.85. The van der Waals surface area contributed by atoms with E-state index < -0.39 is 22.8 Å². The van der Waals surface area contributed by atoms with E-state index in [1.165, 1.54) is 0 Å². The topological polar surface area (TPSA) is 81.5 Å². The third kappa shape index (κ3) is 4.88. The van der Waals surface area contributed by atoms with Gasteiger partial charge in [-0.05, 0) is 28.7 Å². The van der Waals surface area contributed by atoms with Crippen molar-refractivity contribution in [3.05, 3.63) is 43.7 Å². The molecule has 0 spiro atoms. The minimum atomic E-state index is -4.81. The molecular weight excluding hydrogens is 408 g/mol. The summed E-state index contributed by atoms with van der Waals surface area (Å²) in [6.07, 6.45) is -4.55. The summed E-state index contributed by atoms with van der Waals surface area (Å²) in [6.45, 7) is 0. The predicted octanol–water partition coefficient (Wildman–Crippen LogP) is 3.23. The summed E-state index contributed by atoms with van der Waals surface area (Å²) in [6, 6.07) is 3.28. The van der Waals surface area contributed by atoms with Crippen LogP contribution < -0.4 is 5.32 Å². The Morgan fingerprint density at radius 3 is 2.52 bits per heavy atom. The number of alkyl halides is 3. The largest absolute Gasteiger partial charge is 0.466 e. The molecule has 0 atom stereocenters. The number of methoxy groups -OCH3 is 1. The van der Waals surface area contributed by atoms with E-state index in [1.54, 1.807) is 22.6 Å². The summed E-state index contributed by atoms with van der Waals surface area (Å²) in [5, 5.41) is 12.6.